The van der Waals surface area contributed by atoms with E-state index in [2.05, 4.69) is 0 Å². The van der Waals surface area contributed by atoms with Crippen LogP contribution in [0, 0.1) is 17.0 Å². The lowest BCUT2D eigenvalue weighted by atomic mass is 10.2. The molecule has 0 saturated heterocycles. The van der Waals surface area contributed by atoms with Crippen molar-refractivity contribution in [2.45, 2.75) is 18.4 Å². The number of aryl methyl sites for hydroxylation is 1. The number of non-ortho nitro benzene ring substituents is 1. The third-order valence-corrected chi connectivity index (χ3v) is 5.45. The van der Waals surface area contributed by atoms with Crippen LogP contribution in [0.3, 0.4) is 0 Å². The van der Waals surface area contributed by atoms with Gasteiger partial charge in [-0.3, -0.25) is 24.3 Å². The molecule has 9 nitrogen and oxygen atoms in total. The van der Waals surface area contributed by atoms with Gasteiger partial charge in [0.25, 0.3) is 27.2 Å². The molecular formula is C18H15N3O6S. The molecule has 10 heteroatoms. The summed E-state index contributed by atoms with van der Waals surface area (Å²) >= 11 is 0. The van der Waals surface area contributed by atoms with Gasteiger partial charge in [-0.15, -0.1) is 0 Å². The van der Waals surface area contributed by atoms with Gasteiger partial charge >= 0.3 is 0 Å². The van der Waals surface area contributed by atoms with E-state index in [-0.39, 0.29) is 16.1 Å². The predicted octanol–water partition coefficient (Wildman–Crippen LogP) is 1.72. The number of hydrogen-bond donors (Lipinski definition) is 1. The quantitative estimate of drug-likeness (QED) is 0.512. The van der Waals surface area contributed by atoms with Crippen molar-refractivity contribution in [1.29, 1.82) is 0 Å². The van der Waals surface area contributed by atoms with Crippen molar-refractivity contribution in [1.82, 2.24) is 9.29 Å². The largest absolute Gasteiger partial charge is 0.299 e. The lowest BCUT2D eigenvalue weighted by Gasteiger charge is -2.11. The Balaban J connectivity index is 1.90. The van der Waals surface area contributed by atoms with E-state index in [1.54, 1.807) is 19.1 Å². The minimum Gasteiger partial charge on any atom is -0.299 e. The third kappa shape index (κ3) is 3.91. The van der Waals surface area contributed by atoms with Crippen LogP contribution in [-0.4, -0.2) is 23.8 Å². The standard InChI is InChI=1S/C18H15N3O6S/c1-12-2-6-15(7-3-12)28(26,27)19-17(22)11-20-16-8-5-14(21(24)25)10-13(16)4-9-18(20)23/h2-10H,11H2,1H3,(H,19,22). The van der Waals surface area contributed by atoms with E-state index in [4.69, 9.17) is 0 Å². The zero-order chi connectivity index (χ0) is 20.5. The predicted molar refractivity (Wildman–Crippen MR) is 101 cm³/mol. The van der Waals surface area contributed by atoms with E-state index in [0.717, 1.165) is 16.2 Å². The Morgan fingerprint density at radius 3 is 2.43 bits per heavy atom. The summed E-state index contributed by atoms with van der Waals surface area (Å²) in [6.45, 7) is 1.24. The minimum absolute atomic E-state index is 0.0765. The molecule has 0 bridgehead atoms. The van der Waals surface area contributed by atoms with Crippen molar-refractivity contribution in [2.24, 2.45) is 0 Å². The van der Waals surface area contributed by atoms with Gasteiger partial charge in [-0.05, 0) is 31.2 Å². The second-order valence-electron chi connectivity index (χ2n) is 6.10. The highest BCUT2D eigenvalue weighted by molar-refractivity contribution is 7.90. The molecule has 0 spiro atoms. The highest BCUT2D eigenvalue weighted by atomic mass is 32.2. The summed E-state index contributed by atoms with van der Waals surface area (Å²) in [6.07, 6.45) is 0. The van der Waals surface area contributed by atoms with Crippen LogP contribution >= 0.6 is 0 Å². The topological polar surface area (TPSA) is 128 Å². The molecule has 0 aliphatic carbocycles. The van der Waals surface area contributed by atoms with Gasteiger partial charge in [-0.1, -0.05) is 17.7 Å². The minimum atomic E-state index is -4.08. The number of hydrogen-bond acceptors (Lipinski definition) is 6. The maximum atomic E-state index is 12.3. The summed E-state index contributed by atoms with van der Waals surface area (Å²) in [5.41, 5.74) is 0.441. The Bertz CT molecular complexity index is 1250. The van der Waals surface area contributed by atoms with Gasteiger partial charge in [0.2, 0.25) is 0 Å². The summed E-state index contributed by atoms with van der Waals surface area (Å²) in [5, 5.41) is 11.3. The molecule has 1 N–H and O–H groups in total. The summed E-state index contributed by atoms with van der Waals surface area (Å²) < 4.78 is 27.6. The lowest BCUT2D eigenvalue weighted by Crippen LogP contribution is -2.36. The zero-order valence-corrected chi connectivity index (χ0v) is 15.5. The summed E-state index contributed by atoms with van der Waals surface area (Å²) in [6, 6.07) is 12.3. The maximum Gasteiger partial charge on any atom is 0.270 e. The SMILES string of the molecule is Cc1ccc(S(=O)(=O)NC(=O)Cn2c(=O)ccc3cc([N+](=O)[O-])ccc32)cc1. The number of nitro benzene ring substituents is 1. The Kier molecular flexibility index (Phi) is 4.97. The highest BCUT2D eigenvalue weighted by Crippen LogP contribution is 2.19. The summed E-state index contributed by atoms with van der Waals surface area (Å²) in [5.74, 6) is -0.909. The van der Waals surface area contributed by atoms with Crippen LogP contribution in [0.25, 0.3) is 10.9 Å². The Labute approximate surface area is 159 Å². The average Bonchev–Trinajstić information content (AvgIpc) is 2.63. The van der Waals surface area contributed by atoms with Crippen molar-refractivity contribution in [3.8, 4) is 0 Å². The van der Waals surface area contributed by atoms with Gasteiger partial charge in [0.1, 0.15) is 6.54 Å². The fraction of sp³-hybridized carbons (Fsp3) is 0.111. The molecular weight excluding hydrogens is 386 g/mol. The second-order valence-corrected chi connectivity index (χ2v) is 7.78. The number of pyridine rings is 1. The summed E-state index contributed by atoms with van der Waals surface area (Å²) in [4.78, 5) is 34.7. The first-order valence-electron chi connectivity index (χ1n) is 8.08. The molecule has 0 aliphatic rings. The van der Waals surface area contributed by atoms with Gasteiger partial charge in [0, 0.05) is 23.6 Å². The van der Waals surface area contributed by atoms with Crippen LogP contribution in [0.15, 0.2) is 64.3 Å². The van der Waals surface area contributed by atoms with Crippen molar-refractivity contribution >= 4 is 32.5 Å². The van der Waals surface area contributed by atoms with Crippen LogP contribution in [0.4, 0.5) is 5.69 Å². The van der Waals surface area contributed by atoms with Crippen LogP contribution < -0.4 is 10.3 Å². The van der Waals surface area contributed by atoms with Crippen LogP contribution in [0.1, 0.15) is 5.56 Å². The Morgan fingerprint density at radius 1 is 1.11 bits per heavy atom. The van der Waals surface area contributed by atoms with Crippen molar-refractivity contribution in [3.05, 3.63) is 80.6 Å². The molecule has 0 saturated carbocycles. The zero-order valence-electron chi connectivity index (χ0n) is 14.7. The molecule has 28 heavy (non-hydrogen) atoms. The molecule has 0 aliphatic heterocycles. The number of benzene rings is 2. The van der Waals surface area contributed by atoms with Gasteiger partial charge in [-0.25, -0.2) is 13.1 Å². The third-order valence-electron chi connectivity index (χ3n) is 4.07. The van der Waals surface area contributed by atoms with Crippen molar-refractivity contribution < 1.29 is 18.1 Å². The Hall–Kier alpha value is -3.53. The highest BCUT2D eigenvalue weighted by Gasteiger charge is 2.19. The molecule has 0 atom stereocenters. The second kappa shape index (κ2) is 7.24. The number of rotatable bonds is 5. The number of sulfonamides is 1. The average molecular weight is 401 g/mol. The first-order chi connectivity index (χ1) is 13.2. The number of amides is 1. The fourth-order valence-electron chi connectivity index (χ4n) is 2.67. The van der Waals surface area contributed by atoms with Crippen LogP contribution in [-0.2, 0) is 21.4 Å². The molecule has 1 aromatic heterocycles. The molecule has 0 radical (unpaired) electrons. The van der Waals surface area contributed by atoms with Crippen LogP contribution in [0.5, 0.6) is 0 Å². The number of nitrogens with one attached hydrogen (secondary N) is 1. The fourth-order valence-corrected chi connectivity index (χ4v) is 3.65. The molecule has 1 amide bonds. The van der Waals surface area contributed by atoms with E-state index in [9.17, 15) is 28.1 Å². The molecule has 2 aromatic carbocycles. The van der Waals surface area contributed by atoms with E-state index in [1.165, 1.54) is 36.4 Å². The smallest absolute Gasteiger partial charge is 0.270 e. The van der Waals surface area contributed by atoms with Gasteiger partial charge in [0.15, 0.2) is 0 Å². The van der Waals surface area contributed by atoms with E-state index in [1.807, 2.05) is 4.72 Å². The number of carbonyl (C=O) groups excluding carboxylic acids is 1. The first-order valence-corrected chi connectivity index (χ1v) is 9.56. The van der Waals surface area contributed by atoms with Crippen molar-refractivity contribution in [2.75, 3.05) is 0 Å². The molecule has 0 unspecified atom stereocenters. The molecule has 144 valence electrons. The number of carbonyl (C=O) groups is 1. The number of fused-ring (bicyclic) bond motifs is 1. The first kappa shape index (κ1) is 19.2. The lowest BCUT2D eigenvalue weighted by molar-refractivity contribution is -0.384. The molecule has 1 heterocycles. The molecule has 3 aromatic rings. The molecule has 3 rings (SSSR count). The normalized spacial score (nSPS) is 11.3. The van der Waals surface area contributed by atoms with E-state index in [0.29, 0.717) is 5.39 Å². The number of nitrogens with zero attached hydrogens (tertiary/aromatic N) is 2. The van der Waals surface area contributed by atoms with Gasteiger partial charge in [0.05, 0.1) is 15.3 Å². The molecule has 0 fully saturated rings. The summed E-state index contributed by atoms with van der Waals surface area (Å²) in [7, 11) is -4.08. The van der Waals surface area contributed by atoms with Crippen molar-refractivity contribution in [3.63, 3.8) is 0 Å². The van der Waals surface area contributed by atoms with E-state index < -0.39 is 33.0 Å². The maximum absolute atomic E-state index is 12.3. The number of aromatic nitrogens is 1. The number of nitro groups is 1. The Morgan fingerprint density at radius 2 is 1.79 bits per heavy atom. The van der Waals surface area contributed by atoms with Crippen LogP contribution in [0.2, 0.25) is 0 Å². The van der Waals surface area contributed by atoms with Gasteiger partial charge < -0.3 is 0 Å². The van der Waals surface area contributed by atoms with Gasteiger partial charge in [-0.2, -0.15) is 0 Å². The monoisotopic (exact) mass is 401 g/mol. The van der Waals surface area contributed by atoms with E-state index >= 15 is 0 Å².